The van der Waals surface area contributed by atoms with Crippen molar-refractivity contribution in [1.29, 1.82) is 0 Å². The Bertz CT molecular complexity index is 6970. The standard InChI is InChI=1S/C22H24FN9O11P2S.2C20H22F2N10O10P2S/c23-10-9-3-38-44(34,35)43-15-14-20(31-6-27-11-8(24)1-2-26-16(11)31)41-22(15,4-37-14)5-39-45(36,46)42-13(10)19(40-9)32-7-28-12-17(32)29-21(25)30-18(12)33;2*21-9-7-3-37-43(34,35)41-13-8(40-18(10(13)22)32-15-11(29-30-32)6(23)1-2-25-15)4-38-44(36,45)42-14(9)19(39-7)31-5-26-12-16(31)27-20(24)28-17(12)33/h1-2,6-7,9-10,13-15,19-20H,3-5H2,(H2,24,26)(H,34,35)(H,36,46)(H3,25,29,30,33);2*1-2,5,7-10,13-14,18-19H,3-4H2,(H2,23,25)(H,34,35)(H,36,45)(H3,24,27,28,33)/t9-,10+,13-,14-,15+,19-,20-,22-,45?;2*7-,8-,9-,10+,13-,14-,18-,19-,44?/m111/s1. The van der Waals surface area contributed by atoms with Gasteiger partial charge in [-0.2, -0.15) is 24.3 Å². The number of hydrogen-bond acceptors (Lipinski definition) is 48. The molecule has 10 aliphatic rings. The second-order valence-electron chi connectivity index (χ2n) is 31.1. The Balaban J connectivity index is 0.000000126. The molecule has 0 saturated carbocycles. The number of imidazole rings is 4. The topological polar surface area (TPSA) is 813 Å². The molecule has 0 radical (unpaired) electrons. The van der Waals surface area contributed by atoms with Crippen LogP contribution in [-0.2, 0) is 137 Å². The molecule has 74 heteroatoms. The lowest BCUT2D eigenvalue weighted by Gasteiger charge is -2.33. The summed E-state index contributed by atoms with van der Waals surface area (Å²) in [7, 11) is -15.3. The van der Waals surface area contributed by atoms with Crippen molar-refractivity contribution in [3.05, 3.63) is 93.2 Å². The highest BCUT2D eigenvalue weighted by Crippen LogP contribution is 2.62. The summed E-state index contributed by atoms with van der Waals surface area (Å²) in [5.41, 5.74) is 32.0. The maximum absolute atomic E-state index is 15.9. The Kier molecular flexibility index (Phi) is 24.5. The van der Waals surface area contributed by atoms with Gasteiger partial charge in [0.1, 0.15) is 84.4 Å². The van der Waals surface area contributed by atoms with E-state index in [0.717, 1.165) is 42.0 Å². The first-order chi connectivity index (χ1) is 64.5. The molecule has 730 valence electrons. The fourth-order valence-corrected chi connectivity index (χ4v) is 23.5. The van der Waals surface area contributed by atoms with Crippen molar-refractivity contribution in [2.45, 2.75) is 147 Å². The Morgan fingerprint density at radius 3 is 1.11 bits per heavy atom. The maximum atomic E-state index is 15.9. The molecule has 12 aromatic rings. The average molecular weight is 2090 g/mol. The molecule has 136 heavy (non-hydrogen) atoms. The number of alkyl halides is 5. The summed E-state index contributed by atoms with van der Waals surface area (Å²) in [5.74, 6) is -0.830. The van der Waals surface area contributed by atoms with E-state index in [1.165, 1.54) is 41.6 Å². The Hall–Kier alpha value is -9.14. The number of aromatic amines is 3. The molecule has 0 aliphatic carbocycles. The molecule has 0 spiro atoms. The van der Waals surface area contributed by atoms with Gasteiger partial charge in [-0.1, -0.05) is 10.4 Å². The monoisotopic (exact) mass is 2090 g/mol. The Morgan fingerprint density at radius 2 is 0.713 bits per heavy atom. The van der Waals surface area contributed by atoms with E-state index >= 15 is 22.0 Å². The Labute approximate surface area is 763 Å². The lowest BCUT2D eigenvalue weighted by molar-refractivity contribution is -0.183. The number of fused-ring (bicyclic) bond motifs is 14. The molecule has 6 unspecified atom stereocenters. The largest absolute Gasteiger partial charge is 0.472 e. The molecule has 10 saturated heterocycles. The van der Waals surface area contributed by atoms with Crippen LogP contribution in [0.3, 0.4) is 0 Å². The summed E-state index contributed by atoms with van der Waals surface area (Å²) < 4.78 is 231. The minimum atomic E-state index is -5.16. The van der Waals surface area contributed by atoms with Crippen molar-refractivity contribution < 1.29 is 152 Å². The van der Waals surface area contributed by atoms with Crippen LogP contribution in [0, 0.1) is 0 Å². The number of hydrogen-bond donors (Lipinski definition) is 15. The fraction of sp³-hybridized carbons (Fsp3) is 0.500. The summed E-state index contributed by atoms with van der Waals surface area (Å²) in [6, 6.07) is 4.48. The van der Waals surface area contributed by atoms with Crippen molar-refractivity contribution in [3.8, 4) is 0 Å². The van der Waals surface area contributed by atoms with Gasteiger partial charge >= 0.3 is 43.6 Å². The lowest BCUT2D eigenvalue weighted by atomic mass is 10.0. The highest BCUT2D eigenvalue weighted by molar-refractivity contribution is 8.07. The molecule has 8 bridgehead atoms. The van der Waals surface area contributed by atoms with Gasteiger partial charge in [-0.15, -0.1) is 10.2 Å². The zero-order valence-corrected chi connectivity index (χ0v) is 75.4. The second-order valence-corrected chi connectivity index (χ2v) is 43.7. The second kappa shape index (κ2) is 35.3. The first-order valence-corrected chi connectivity index (χ1v) is 51.6. The quantitative estimate of drug-likeness (QED) is 0.0717. The number of pyridine rings is 3. The number of nitrogen functional groups attached to an aromatic ring is 6. The number of ether oxygens (including phenoxy) is 7. The first kappa shape index (κ1) is 94.5. The summed E-state index contributed by atoms with van der Waals surface area (Å²) in [5, 5.41) is 15.5. The molecule has 22 rings (SSSR count). The van der Waals surface area contributed by atoms with Crippen LogP contribution in [0.5, 0.6) is 0 Å². The highest BCUT2D eigenvalue weighted by atomic mass is 32.5. The zero-order chi connectivity index (χ0) is 95.8. The number of nitrogens with two attached hydrogens (primary N) is 6. The summed E-state index contributed by atoms with van der Waals surface area (Å²) >= 11 is 15.5. The van der Waals surface area contributed by atoms with E-state index < -0.39 is 247 Å². The first-order valence-electron chi connectivity index (χ1n) is 39.3. The number of phosphoric ester groups is 3. The Morgan fingerprint density at radius 1 is 0.375 bits per heavy atom. The third-order valence-corrected chi connectivity index (χ3v) is 30.1. The predicted octanol–water partition coefficient (Wildman–Crippen LogP) is -0.776. The van der Waals surface area contributed by atoms with Crippen molar-refractivity contribution in [2.24, 2.45) is 0 Å². The third-order valence-electron chi connectivity index (χ3n) is 22.5. The van der Waals surface area contributed by atoms with Crippen molar-refractivity contribution in [3.63, 3.8) is 0 Å². The molecule has 21 N–H and O–H groups in total. The van der Waals surface area contributed by atoms with Crippen molar-refractivity contribution >= 4 is 181 Å². The minimum absolute atomic E-state index is 0.0374. The number of H-pyrrole nitrogens is 3. The van der Waals surface area contributed by atoms with Gasteiger partial charge < -0.3 is 110 Å². The smallest absolute Gasteiger partial charge is 0.397 e. The van der Waals surface area contributed by atoms with Crippen LogP contribution >= 0.6 is 43.6 Å². The van der Waals surface area contributed by atoms with Gasteiger partial charge in [0, 0.05) is 18.6 Å². The van der Waals surface area contributed by atoms with Crippen LogP contribution in [0.15, 0.2) is 76.5 Å². The maximum Gasteiger partial charge on any atom is 0.472 e. The van der Waals surface area contributed by atoms with Crippen LogP contribution in [0.4, 0.5) is 56.9 Å². The molecule has 0 amide bonds. The van der Waals surface area contributed by atoms with Gasteiger partial charge in [0.15, 0.2) is 130 Å². The van der Waals surface area contributed by atoms with Gasteiger partial charge in [0.05, 0.1) is 88.6 Å². The molecule has 60 nitrogen and oxygen atoms in total. The molecule has 0 aromatic carbocycles. The highest BCUT2D eigenvalue weighted by Gasteiger charge is 2.67. The van der Waals surface area contributed by atoms with Crippen LogP contribution in [-0.4, -0.2) is 298 Å². The van der Waals surface area contributed by atoms with Crippen LogP contribution in [0.2, 0.25) is 0 Å². The number of halogens is 5. The van der Waals surface area contributed by atoms with Gasteiger partial charge in [0.25, 0.3) is 16.7 Å². The van der Waals surface area contributed by atoms with Crippen LogP contribution in [0.1, 0.15) is 37.4 Å². The summed E-state index contributed by atoms with van der Waals surface area (Å²) in [4.78, 5) is 149. The van der Waals surface area contributed by atoms with Gasteiger partial charge in [-0.05, 0) is 53.6 Å². The van der Waals surface area contributed by atoms with Gasteiger partial charge in [0.2, 0.25) is 17.8 Å². The minimum Gasteiger partial charge on any atom is -0.397 e. The molecule has 12 aromatic heterocycles. The molecule has 30 atom stereocenters. The molecule has 22 heterocycles. The van der Waals surface area contributed by atoms with Crippen LogP contribution in [0.25, 0.3) is 67.0 Å². The van der Waals surface area contributed by atoms with Gasteiger partial charge in [-0.3, -0.25) is 88.3 Å². The van der Waals surface area contributed by atoms with E-state index in [1.807, 2.05) is 0 Å². The van der Waals surface area contributed by atoms with E-state index in [-0.39, 0.29) is 91.6 Å². The molecule has 10 fully saturated rings. The predicted molar refractivity (Wildman–Crippen MR) is 450 cm³/mol. The van der Waals surface area contributed by atoms with E-state index in [4.69, 9.17) is 157 Å². The number of rotatable bonds is 6. The number of anilines is 6. The summed E-state index contributed by atoms with van der Waals surface area (Å²) in [6.45, 7) is -18.1. The average Bonchev–Trinajstić information content (AvgIpc) is 1.55. The normalized spacial score (nSPS) is 38.4. The number of nitrogens with one attached hydrogen (secondary N) is 3. The number of phosphoric acid groups is 3. The number of nitrogens with zero attached hydrogens (tertiary/aromatic N) is 20. The van der Waals surface area contributed by atoms with E-state index in [1.54, 1.807) is 6.07 Å². The third kappa shape index (κ3) is 17.5. The zero-order valence-electron chi connectivity index (χ0n) is 67.6. The van der Waals surface area contributed by atoms with E-state index in [0.29, 0.717) is 16.9 Å². The van der Waals surface area contributed by atoms with Crippen molar-refractivity contribution in [2.75, 3.05) is 80.7 Å². The lowest BCUT2D eigenvalue weighted by Crippen LogP contribution is -2.45. The summed E-state index contributed by atoms with van der Waals surface area (Å²) in [6.07, 6.45) is -29.9. The fourth-order valence-electron chi connectivity index (χ4n) is 16.4. The van der Waals surface area contributed by atoms with E-state index in [9.17, 15) is 57.4 Å². The molecular formula is C62H68F5N29O31P6S3. The van der Waals surface area contributed by atoms with Crippen molar-refractivity contribution in [1.82, 2.24) is 113 Å². The molecular weight excluding hydrogens is 2020 g/mol. The number of aromatic nitrogens is 23. The van der Waals surface area contributed by atoms with Gasteiger partial charge in [-0.25, -0.2) is 70.5 Å². The SMILES string of the molecule is Nc1nc2c(ncn2[C@@H]2O[C@@H]3COP(=O)(O)O[C@H]4[C@H](F)[C@H](n5nnc6c(N)ccnc65)O[C@@H]4COP(O)(=S)O[C@@H]2[C@@H]3F)c(=O)[nH]1.Nc1nc2c(ncn2[C@@H]2O[C@@H]3COP(=O)(O)O[C@H]4[C@H](F)[C@H](n5nnc6c(N)ccnc65)O[C@@H]4COP(O)(=S)O[C@@H]2[C@@H]3F)c(=O)[nH]1.Nc1nc2c(ncn2[C@@H]2O[C@@H]3COP(=O)(O)O[C@H]4[C@H]5OC[C@]4(COP(O)(=S)O[C@@H]2[C@H]3F)O[C@H]5n2cnc3c(N)ccnc32)c(=O)[nH]1. The van der Waals surface area contributed by atoms with E-state index in [2.05, 4.69) is 85.4 Å². The van der Waals surface area contributed by atoms with Crippen LogP contribution < -0.4 is 51.1 Å². The molecule has 10 aliphatic heterocycles.